The van der Waals surface area contributed by atoms with Crippen LogP contribution in [-0.4, -0.2) is 78.5 Å². The molecule has 0 N–H and O–H groups in total. The minimum Gasteiger partial charge on any atom is -0.497 e. The van der Waals surface area contributed by atoms with Crippen LogP contribution in [-0.2, 0) is 4.79 Å². The lowest BCUT2D eigenvalue weighted by Gasteiger charge is -2.42. The number of piperazine rings is 1. The number of hydrogen-bond acceptors (Lipinski definition) is 7. The molecule has 2 aromatic carbocycles. The van der Waals surface area contributed by atoms with Crippen LogP contribution in [0, 0.1) is 0 Å². The summed E-state index contributed by atoms with van der Waals surface area (Å²) in [5.41, 5.74) is 1.41. The number of rotatable bonds is 6. The third kappa shape index (κ3) is 5.09. The van der Waals surface area contributed by atoms with Gasteiger partial charge in [-0.2, -0.15) is 0 Å². The van der Waals surface area contributed by atoms with Crippen molar-refractivity contribution in [3.8, 4) is 17.5 Å². The first kappa shape index (κ1) is 23.0. The Labute approximate surface area is 198 Å². The van der Waals surface area contributed by atoms with E-state index in [2.05, 4.69) is 14.9 Å². The maximum Gasteiger partial charge on any atom is 0.321 e. The third-order valence-electron chi connectivity index (χ3n) is 5.64. The predicted molar refractivity (Wildman–Crippen MR) is 127 cm³/mol. The summed E-state index contributed by atoms with van der Waals surface area (Å²) in [5, 5.41) is 0. The molecule has 9 heteroatoms. The maximum absolute atomic E-state index is 13.5. The summed E-state index contributed by atoms with van der Waals surface area (Å²) < 4.78 is 10.9. The molecule has 9 nitrogen and oxygen atoms in total. The lowest BCUT2D eigenvalue weighted by Crippen LogP contribution is -2.60. The van der Waals surface area contributed by atoms with Crippen LogP contribution in [0.25, 0.3) is 0 Å². The van der Waals surface area contributed by atoms with Crippen LogP contribution < -0.4 is 14.4 Å². The van der Waals surface area contributed by atoms with Crippen LogP contribution in [0.1, 0.15) is 10.4 Å². The molecule has 0 radical (unpaired) electrons. The molecule has 1 aliphatic rings. The second-order valence-corrected chi connectivity index (χ2v) is 8.05. The van der Waals surface area contributed by atoms with Gasteiger partial charge in [0, 0.05) is 57.4 Å². The Kier molecular flexibility index (Phi) is 6.91. The maximum atomic E-state index is 13.5. The average molecular weight is 462 g/mol. The van der Waals surface area contributed by atoms with Gasteiger partial charge >= 0.3 is 6.01 Å². The molecule has 1 saturated heterocycles. The van der Waals surface area contributed by atoms with Gasteiger partial charge in [0.25, 0.3) is 5.91 Å². The number of amides is 2. The Morgan fingerprint density at radius 3 is 2.38 bits per heavy atom. The summed E-state index contributed by atoms with van der Waals surface area (Å²) in [5.74, 6) is 0.858. The van der Waals surface area contributed by atoms with Crippen LogP contribution in [0.4, 0.5) is 5.69 Å². The number of anilines is 1. The third-order valence-corrected chi connectivity index (χ3v) is 5.64. The van der Waals surface area contributed by atoms with Crippen molar-refractivity contribution >= 4 is 17.5 Å². The molecular weight excluding hydrogens is 434 g/mol. The summed E-state index contributed by atoms with van der Waals surface area (Å²) in [6.07, 6.45) is 3.16. The fourth-order valence-corrected chi connectivity index (χ4v) is 3.86. The number of hydrogen-bond donors (Lipinski definition) is 0. The van der Waals surface area contributed by atoms with E-state index in [1.54, 1.807) is 68.8 Å². The number of likely N-dealkylation sites (N-methyl/N-ethyl adjacent to an activating group) is 1. The largest absolute Gasteiger partial charge is 0.497 e. The second-order valence-electron chi connectivity index (χ2n) is 8.05. The van der Waals surface area contributed by atoms with Crippen LogP contribution in [0.5, 0.6) is 17.5 Å². The van der Waals surface area contributed by atoms with Gasteiger partial charge in [0.2, 0.25) is 5.91 Å². The standard InChI is InChI=1S/C25H27N5O4/c1-28(2)24(32)22-17-29(19-8-10-20(33-3)11-9-19)14-15-30(22)23(31)18-6-4-7-21(16-18)34-25-26-12-5-13-27-25/h4-13,16,22H,14-15,17H2,1-3H3/t22-/m0/s1. The van der Waals surface area contributed by atoms with E-state index in [0.717, 1.165) is 11.4 Å². The van der Waals surface area contributed by atoms with E-state index in [1.165, 1.54) is 4.90 Å². The summed E-state index contributed by atoms with van der Waals surface area (Å²) in [6, 6.07) is 15.8. The topological polar surface area (TPSA) is 88.1 Å². The van der Waals surface area contributed by atoms with Gasteiger partial charge in [-0.05, 0) is 48.5 Å². The molecule has 34 heavy (non-hydrogen) atoms. The zero-order valence-electron chi connectivity index (χ0n) is 19.4. The average Bonchev–Trinajstić information content (AvgIpc) is 2.88. The summed E-state index contributed by atoms with van der Waals surface area (Å²) >= 11 is 0. The highest BCUT2D eigenvalue weighted by atomic mass is 16.5. The first-order chi connectivity index (χ1) is 16.5. The normalized spacial score (nSPS) is 15.6. The number of benzene rings is 2. The van der Waals surface area contributed by atoms with Crippen molar-refractivity contribution in [3.05, 3.63) is 72.6 Å². The van der Waals surface area contributed by atoms with Crippen molar-refractivity contribution < 1.29 is 19.1 Å². The van der Waals surface area contributed by atoms with Gasteiger partial charge in [-0.1, -0.05) is 6.07 Å². The van der Waals surface area contributed by atoms with Crippen molar-refractivity contribution in [1.82, 2.24) is 19.8 Å². The molecule has 0 aliphatic carbocycles. The number of ether oxygens (including phenoxy) is 2. The van der Waals surface area contributed by atoms with E-state index in [-0.39, 0.29) is 17.8 Å². The van der Waals surface area contributed by atoms with Gasteiger partial charge in [-0.3, -0.25) is 9.59 Å². The Balaban J connectivity index is 1.55. The number of nitrogens with zero attached hydrogens (tertiary/aromatic N) is 5. The van der Waals surface area contributed by atoms with Crippen LogP contribution in [0.2, 0.25) is 0 Å². The zero-order valence-corrected chi connectivity index (χ0v) is 19.4. The lowest BCUT2D eigenvalue weighted by molar-refractivity contribution is -0.133. The predicted octanol–water partition coefficient (Wildman–Crippen LogP) is 2.70. The van der Waals surface area contributed by atoms with E-state index < -0.39 is 6.04 Å². The van der Waals surface area contributed by atoms with E-state index in [4.69, 9.17) is 9.47 Å². The Bertz CT molecular complexity index is 1140. The molecular formula is C25H27N5O4. The minimum atomic E-state index is -0.625. The van der Waals surface area contributed by atoms with Crippen molar-refractivity contribution in [2.45, 2.75) is 6.04 Å². The Hall–Kier alpha value is -4.14. The molecule has 1 aliphatic heterocycles. The zero-order chi connectivity index (χ0) is 24.1. The number of methoxy groups -OCH3 is 1. The molecule has 2 heterocycles. The Morgan fingerprint density at radius 2 is 1.71 bits per heavy atom. The summed E-state index contributed by atoms with van der Waals surface area (Å²) in [6.45, 7) is 1.40. The van der Waals surface area contributed by atoms with Gasteiger partial charge in [-0.25, -0.2) is 9.97 Å². The highest BCUT2D eigenvalue weighted by molar-refractivity contribution is 5.98. The molecule has 0 unspecified atom stereocenters. The quantitative estimate of drug-likeness (QED) is 0.558. The first-order valence-electron chi connectivity index (χ1n) is 10.9. The number of carbonyl (C=O) groups is 2. The molecule has 3 aromatic rings. The molecule has 4 rings (SSSR count). The smallest absolute Gasteiger partial charge is 0.321 e. The molecule has 1 aromatic heterocycles. The molecule has 0 bridgehead atoms. The fourth-order valence-electron chi connectivity index (χ4n) is 3.86. The van der Waals surface area contributed by atoms with E-state index >= 15 is 0 Å². The monoisotopic (exact) mass is 461 g/mol. The number of aromatic nitrogens is 2. The van der Waals surface area contributed by atoms with Crippen LogP contribution >= 0.6 is 0 Å². The van der Waals surface area contributed by atoms with Crippen molar-refractivity contribution in [1.29, 1.82) is 0 Å². The highest BCUT2D eigenvalue weighted by Crippen LogP contribution is 2.25. The first-order valence-corrected chi connectivity index (χ1v) is 10.9. The van der Waals surface area contributed by atoms with Crippen LogP contribution in [0.3, 0.4) is 0 Å². The summed E-state index contributed by atoms with van der Waals surface area (Å²) in [7, 11) is 5.02. The van der Waals surface area contributed by atoms with E-state index in [9.17, 15) is 9.59 Å². The van der Waals surface area contributed by atoms with Gasteiger partial charge < -0.3 is 24.2 Å². The fraction of sp³-hybridized carbons (Fsp3) is 0.280. The van der Waals surface area contributed by atoms with Crippen molar-refractivity contribution in [2.75, 3.05) is 45.7 Å². The molecule has 0 saturated carbocycles. The van der Waals surface area contributed by atoms with Crippen LogP contribution in [0.15, 0.2) is 67.0 Å². The molecule has 2 amide bonds. The van der Waals surface area contributed by atoms with Gasteiger partial charge in [0.1, 0.15) is 17.5 Å². The van der Waals surface area contributed by atoms with Gasteiger partial charge in [0.15, 0.2) is 0 Å². The number of carbonyl (C=O) groups excluding carboxylic acids is 2. The van der Waals surface area contributed by atoms with Gasteiger partial charge in [0.05, 0.1) is 7.11 Å². The molecule has 1 fully saturated rings. The Morgan fingerprint density at radius 1 is 0.971 bits per heavy atom. The lowest BCUT2D eigenvalue weighted by atomic mass is 10.1. The molecule has 0 spiro atoms. The SMILES string of the molecule is COc1ccc(N2CCN(C(=O)c3cccc(Oc4ncccn4)c3)[C@H](C(=O)N(C)C)C2)cc1. The minimum absolute atomic E-state index is 0.128. The summed E-state index contributed by atoms with van der Waals surface area (Å²) in [4.78, 5) is 39.9. The highest BCUT2D eigenvalue weighted by Gasteiger charge is 2.36. The van der Waals surface area contributed by atoms with Crippen molar-refractivity contribution in [2.24, 2.45) is 0 Å². The van der Waals surface area contributed by atoms with E-state index in [0.29, 0.717) is 30.9 Å². The van der Waals surface area contributed by atoms with E-state index in [1.807, 2.05) is 24.3 Å². The van der Waals surface area contributed by atoms with Gasteiger partial charge in [-0.15, -0.1) is 0 Å². The van der Waals surface area contributed by atoms with Crippen molar-refractivity contribution in [3.63, 3.8) is 0 Å². The molecule has 1 atom stereocenters. The molecule has 176 valence electrons. The second kappa shape index (κ2) is 10.2.